The third-order valence-corrected chi connectivity index (χ3v) is 3.94. The van der Waals surface area contributed by atoms with Crippen molar-refractivity contribution < 1.29 is 9.59 Å². The Kier molecular flexibility index (Phi) is 5.07. The minimum atomic E-state index is 0.0588. The SMILES string of the molecule is CCCc1ccc(C(=O)CN2CCC(=O)C(C)C2)cc1. The molecule has 0 amide bonds. The van der Waals surface area contributed by atoms with Gasteiger partial charge in [-0.25, -0.2) is 0 Å². The molecule has 2 rings (SSSR count). The monoisotopic (exact) mass is 273 g/mol. The highest BCUT2D eigenvalue weighted by Crippen LogP contribution is 2.14. The van der Waals surface area contributed by atoms with E-state index >= 15 is 0 Å². The van der Waals surface area contributed by atoms with E-state index < -0.39 is 0 Å². The number of Topliss-reactive ketones (excluding diaryl/α,β-unsaturated/α-hetero) is 2. The lowest BCUT2D eigenvalue weighted by atomic mass is 9.98. The van der Waals surface area contributed by atoms with E-state index in [-0.39, 0.29) is 11.7 Å². The quantitative estimate of drug-likeness (QED) is 0.774. The fraction of sp³-hybridized carbons (Fsp3) is 0.529. The lowest BCUT2D eigenvalue weighted by Gasteiger charge is -2.29. The molecule has 0 bridgehead atoms. The van der Waals surface area contributed by atoms with Crippen LogP contribution < -0.4 is 0 Å². The molecule has 0 aromatic heterocycles. The van der Waals surface area contributed by atoms with Gasteiger partial charge in [-0.15, -0.1) is 0 Å². The summed E-state index contributed by atoms with van der Waals surface area (Å²) in [4.78, 5) is 25.8. The summed E-state index contributed by atoms with van der Waals surface area (Å²) in [6.07, 6.45) is 2.75. The summed E-state index contributed by atoms with van der Waals surface area (Å²) in [5.74, 6) is 0.524. The van der Waals surface area contributed by atoms with Gasteiger partial charge in [-0.05, 0) is 12.0 Å². The molecule has 1 atom stereocenters. The van der Waals surface area contributed by atoms with E-state index in [0.29, 0.717) is 31.8 Å². The van der Waals surface area contributed by atoms with Crippen LogP contribution in [0.15, 0.2) is 24.3 Å². The highest BCUT2D eigenvalue weighted by molar-refractivity contribution is 5.97. The number of rotatable bonds is 5. The average Bonchev–Trinajstić information content (AvgIpc) is 2.44. The normalized spacial score (nSPS) is 20.1. The standard InChI is InChI=1S/C17H23NO2/c1-3-4-14-5-7-15(8-6-14)17(20)12-18-10-9-16(19)13(2)11-18/h5-8,13H,3-4,9-12H2,1-2H3. The predicted molar refractivity (Wildman–Crippen MR) is 80.0 cm³/mol. The van der Waals surface area contributed by atoms with E-state index in [0.717, 1.165) is 18.4 Å². The average molecular weight is 273 g/mol. The molecule has 1 aromatic carbocycles. The van der Waals surface area contributed by atoms with Crippen LogP contribution in [-0.4, -0.2) is 36.1 Å². The Morgan fingerprint density at radius 1 is 1.30 bits per heavy atom. The summed E-state index contributed by atoms with van der Waals surface area (Å²) in [5.41, 5.74) is 2.05. The molecule has 0 aliphatic carbocycles. The predicted octanol–water partition coefficient (Wildman–Crippen LogP) is 2.73. The third kappa shape index (κ3) is 3.76. The summed E-state index contributed by atoms with van der Waals surface area (Å²) in [6, 6.07) is 7.93. The number of aryl methyl sites for hydroxylation is 1. The molecule has 1 aliphatic rings. The minimum absolute atomic E-state index is 0.0588. The van der Waals surface area contributed by atoms with Crippen LogP contribution in [0, 0.1) is 5.92 Å². The molecule has 1 heterocycles. The number of carbonyl (C=O) groups excluding carboxylic acids is 2. The van der Waals surface area contributed by atoms with E-state index in [2.05, 4.69) is 11.8 Å². The van der Waals surface area contributed by atoms with Gasteiger partial charge in [0.05, 0.1) is 6.54 Å². The van der Waals surface area contributed by atoms with Gasteiger partial charge in [0.1, 0.15) is 5.78 Å². The first-order chi connectivity index (χ1) is 9.60. The molecule has 1 fully saturated rings. The van der Waals surface area contributed by atoms with Gasteiger partial charge < -0.3 is 0 Å². The Morgan fingerprint density at radius 2 is 2.00 bits per heavy atom. The summed E-state index contributed by atoms with van der Waals surface area (Å²) in [7, 11) is 0. The highest BCUT2D eigenvalue weighted by Gasteiger charge is 2.24. The lowest BCUT2D eigenvalue weighted by molar-refractivity contribution is -0.125. The number of likely N-dealkylation sites (tertiary alicyclic amines) is 1. The van der Waals surface area contributed by atoms with Crippen LogP contribution in [0.1, 0.15) is 42.6 Å². The van der Waals surface area contributed by atoms with Gasteiger partial charge in [0.25, 0.3) is 0 Å². The first kappa shape index (κ1) is 14.9. The summed E-state index contributed by atoms with van der Waals surface area (Å²) in [5, 5.41) is 0. The van der Waals surface area contributed by atoms with E-state index in [9.17, 15) is 9.59 Å². The van der Waals surface area contributed by atoms with Crippen molar-refractivity contribution in [3.05, 3.63) is 35.4 Å². The van der Waals surface area contributed by atoms with Gasteiger partial charge >= 0.3 is 0 Å². The molecule has 3 heteroatoms. The molecule has 3 nitrogen and oxygen atoms in total. The van der Waals surface area contributed by atoms with Crippen molar-refractivity contribution in [1.29, 1.82) is 0 Å². The first-order valence-electron chi connectivity index (χ1n) is 7.47. The molecule has 20 heavy (non-hydrogen) atoms. The topological polar surface area (TPSA) is 37.4 Å². The zero-order chi connectivity index (χ0) is 14.5. The molecule has 0 saturated carbocycles. The van der Waals surface area contributed by atoms with E-state index in [1.54, 1.807) is 0 Å². The van der Waals surface area contributed by atoms with Crippen molar-refractivity contribution in [1.82, 2.24) is 4.90 Å². The summed E-state index contributed by atoms with van der Waals surface area (Å²) in [6.45, 7) is 5.93. The molecule has 0 radical (unpaired) electrons. The molecule has 1 aliphatic heterocycles. The highest BCUT2D eigenvalue weighted by atomic mass is 16.1. The number of nitrogens with zero attached hydrogens (tertiary/aromatic N) is 1. The van der Waals surface area contributed by atoms with Gasteiger partial charge in [0.2, 0.25) is 0 Å². The third-order valence-electron chi connectivity index (χ3n) is 3.94. The number of ketones is 2. The van der Waals surface area contributed by atoms with Crippen LogP contribution in [0.3, 0.4) is 0 Å². The fourth-order valence-electron chi connectivity index (χ4n) is 2.68. The smallest absolute Gasteiger partial charge is 0.176 e. The maximum absolute atomic E-state index is 12.2. The zero-order valence-electron chi connectivity index (χ0n) is 12.4. The van der Waals surface area contributed by atoms with Crippen LogP contribution in [0.25, 0.3) is 0 Å². The van der Waals surface area contributed by atoms with Crippen molar-refractivity contribution in [2.45, 2.75) is 33.1 Å². The Bertz CT molecular complexity index is 478. The van der Waals surface area contributed by atoms with Crippen molar-refractivity contribution in [3.63, 3.8) is 0 Å². The summed E-state index contributed by atoms with van der Waals surface area (Å²) >= 11 is 0. The molecule has 1 aromatic rings. The molecular weight excluding hydrogens is 250 g/mol. The van der Waals surface area contributed by atoms with Gasteiger partial charge in [-0.2, -0.15) is 0 Å². The maximum atomic E-state index is 12.2. The molecule has 108 valence electrons. The van der Waals surface area contributed by atoms with Gasteiger partial charge in [-0.3, -0.25) is 14.5 Å². The molecular formula is C17H23NO2. The van der Waals surface area contributed by atoms with Crippen molar-refractivity contribution >= 4 is 11.6 Å². The van der Waals surface area contributed by atoms with Gasteiger partial charge in [0.15, 0.2) is 5.78 Å². The minimum Gasteiger partial charge on any atom is -0.299 e. The van der Waals surface area contributed by atoms with E-state index in [1.807, 2.05) is 31.2 Å². The Hall–Kier alpha value is -1.48. The Morgan fingerprint density at radius 3 is 2.60 bits per heavy atom. The Balaban J connectivity index is 1.92. The van der Waals surface area contributed by atoms with E-state index in [1.165, 1.54) is 5.56 Å². The largest absolute Gasteiger partial charge is 0.299 e. The number of piperidine rings is 1. The second-order valence-corrected chi connectivity index (χ2v) is 5.72. The number of carbonyl (C=O) groups is 2. The van der Waals surface area contributed by atoms with Gasteiger partial charge in [0, 0.05) is 31.0 Å². The number of hydrogen-bond donors (Lipinski definition) is 0. The van der Waals surface area contributed by atoms with Gasteiger partial charge in [-0.1, -0.05) is 44.5 Å². The maximum Gasteiger partial charge on any atom is 0.176 e. The lowest BCUT2D eigenvalue weighted by Crippen LogP contribution is -2.42. The van der Waals surface area contributed by atoms with E-state index in [4.69, 9.17) is 0 Å². The second-order valence-electron chi connectivity index (χ2n) is 5.72. The van der Waals surface area contributed by atoms with Crippen LogP contribution in [0.4, 0.5) is 0 Å². The van der Waals surface area contributed by atoms with Crippen LogP contribution in [0.5, 0.6) is 0 Å². The van der Waals surface area contributed by atoms with Crippen LogP contribution in [0.2, 0.25) is 0 Å². The number of hydrogen-bond acceptors (Lipinski definition) is 3. The molecule has 0 spiro atoms. The Labute approximate surface area is 121 Å². The fourth-order valence-corrected chi connectivity index (χ4v) is 2.68. The van der Waals surface area contributed by atoms with Crippen molar-refractivity contribution in [2.75, 3.05) is 19.6 Å². The zero-order valence-corrected chi connectivity index (χ0v) is 12.4. The first-order valence-corrected chi connectivity index (χ1v) is 7.47. The molecule has 1 unspecified atom stereocenters. The van der Waals surface area contributed by atoms with Crippen LogP contribution in [-0.2, 0) is 11.2 Å². The van der Waals surface area contributed by atoms with Crippen LogP contribution >= 0.6 is 0 Å². The van der Waals surface area contributed by atoms with Crippen molar-refractivity contribution in [2.24, 2.45) is 5.92 Å². The summed E-state index contributed by atoms with van der Waals surface area (Å²) < 4.78 is 0. The van der Waals surface area contributed by atoms with Crippen molar-refractivity contribution in [3.8, 4) is 0 Å². The molecule has 0 N–H and O–H groups in total. The second kappa shape index (κ2) is 6.80. The molecule has 1 saturated heterocycles. The number of benzene rings is 1.